The molecule has 1 atom stereocenters. The molecule has 122 valence electrons. The van der Waals surface area contributed by atoms with Gasteiger partial charge in [0.05, 0.1) is 0 Å². The highest BCUT2D eigenvalue weighted by Crippen LogP contribution is 2.51. The second-order valence-electron chi connectivity index (χ2n) is 7.75. The highest BCUT2D eigenvalue weighted by atomic mass is 32.2. The van der Waals surface area contributed by atoms with E-state index in [0.29, 0.717) is 0 Å². The second-order valence-corrected chi connectivity index (χ2v) is 9.23. The van der Waals surface area contributed by atoms with Crippen LogP contribution in [0.15, 0.2) is 47.1 Å². The van der Waals surface area contributed by atoms with Crippen LogP contribution in [0.25, 0.3) is 0 Å². The Hall–Kier alpha value is -0.690. The fourth-order valence-electron chi connectivity index (χ4n) is 3.49. The van der Waals surface area contributed by atoms with E-state index in [9.17, 15) is 0 Å². The Morgan fingerprint density at radius 1 is 1.23 bits per heavy atom. The van der Waals surface area contributed by atoms with Crippen LogP contribution < -0.4 is 0 Å². The number of rotatable bonds is 6. The van der Waals surface area contributed by atoms with E-state index in [4.69, 9.17) is 0 Å². The van der Waals surface area contributed by atoms with Gasteiger partial charge in [0.2, 0.25) is 0 Å². The number of unbranched alkanes of at least 4 members (excludes halogenated alkanes) is 1. The Morgan fingerprint density at radius 3 is 2.59 bits per heavy atom. The number of thioether (sulfide) groups is 1. The fourth-order valence-corrected chi connectivity index (χ4v) is 5.30. The Kier molecular flexibility index (Phi) is 5.82. The van der Waals surface area contributed by atoms with Crippen molar-refractivity contribution in [2.45, 2.75) is 71.5 Å². The van der Waals surface area contributed by atoms with Gasteiger partial charge in [-0.25, -0.2) is 0 Å². The SMILES string of the molecule is CCCCSC1(CC2=CCC=C2)CC=C(C)C=C1C(C)(C)C. The van der Waals surface area contributed by atoms with Gasteiger partial charge in [0.25, 0.3) is 0 Å². The molecule has 0 fully saturated rings. The lowest BCUT2D eigenvalue weighted by molar-refractivity contribution is 0.436. The molecule has 0 aliphatic heterocycles. The molecular weight excluding hydrogens is 284 g/mol. The first-order valence-electron chi connectivity index (χ1n) is 8.76. The zero-order valence-electron chi connectivity index (χ0n) is 15.0. The molecule has 0 amide bonds. The van der Waals surface area contributed by atoms with Crippen molar-refractivity contribution in [2.75, 3.05) is 5.75 Å². The second kappa shape index (κ2) is 7.25. The maximum Gasteiger partial charge on any atom is 0.0451 e. The molecule has 0 aromatic heterocycles. The molecule has 2 aliphatic rings. The van der Waals surface area contributed by atoms with Gasteiger partial charge in [0, 0.05) is 4.75 Å². The molecule has 2 aliphatic carbocycles. The molecule has 1 unspecified atom stereocenters. The minimum absolute atomic E-state index is 0.234. The first kappa shape index (κ1) is 17.7. The van der Waals surface area contributed by atoms with Crippen LogP contribution in [-0.4, -0.2) is 10.5 Å². The van der Waals surface area contributed by atoms with Crippen LogP contribution >= 0.6 is 11.8 Å². The van der Waals surface area contributed by atoms with Crippen molar-refractivity contribution in [1.82, 2.24) is 0 Å². The maximum atomic E-state index is 2.47. The third kappa shape index (κ3) is 4.19. The van der Waals surface area contributed by atoms with Crippen molar-refractivity contribution in [1.29, 1.82) is 0 Å². The van der Waals surface area contributed by atoms with Gasteiger partial charge < -0.3 is 0 Å². The molecule has 0 bridgehead atoms. The molecule has 0 aromatic carbocycles. The van der Waals surface area contributed by atoms with Gasteiger partial charge in [0.1, 0.15) is 0 Å². The third-order valence-corrected chi connectivity index (χ3v) is 6.21. The minimum Gasteiger partial charge on any atom is -0.150 e. The van der Waals surface area contributed by atoms with Gasteiger partial charge in [-0.05, 0) is 49.3 Å². The lowest BCUT2D eigenvalue weighted by atomic mass is 9.71. The van der Waals surface area contributed by atoms with Crippen LogP contribution in [0, 0.1) is 5.41 Å². The first-order valence-corrected chi connectivity index (χ1v) is 9.75. The maximum absolute atomic E-state index is 2.47. The molecule has 0 aromatic rings. The molecule has 2 rings (SSSR count). The summed E-state index contributed by atoms with van der Waals surface area (Å²) in [4.78, 5) is 0. The molecule has 0 saturated carbocycles. The summed E-state index contributed by atoms with van der Waals surface area (Å²) in [6.07, 6.45) is 18.1. The van der Waals surface area contributed by atoms with Crippen LogP contribution in [-0.2, 0) is 0 Å². The van der Waals surface area contributed by atoms with Crippen molar-refractivity contribution in [2.24, 2.45) is 5.41 Å². The third-order valence-electron chi connectivity index (χ3n) is 4.64. The molecule has 22 heavy (non-hydrogen) atoms. The van der Waals surface area contributed by atoms with E-state index >= 15 is 0 Å². The highest BCUT2D eigenvalue weighted by Gasteiger charge is 2.41. The lowest BCUT2D eigenvalue weighted by Gasteiger charge is -2.44. The molecule has 0 N–H and O–H groups in total. The smallest absolute Gasteiger partial charge is 0.0451 e. The van der Waals surface area contributed by atoms with Gasteiger partial charge in [-0.15, -0.1) is 11.8 Å². The molecule has 1 heteroatoms. The average molecular weight is 317 g/mol. The van der Waals surface area contributed by atoms with Crippen molar-refractivity contribution in [3.8, 4) is 0 Å². The van der Waals surface area contributed by atoms with E-state index in [1.807, 2.05) is 0 Å². The normalized spacial score (nSPS) is 25.0. The Bertz CT molecular complexity index is 511. The van der Waals surface area contributed by atoms with Crippen LogP contribution in [0.3, 0.4) is 0 Å². The summed E-state index contributed by atoms with van der Waals surface area (Å²) >= 11 is 2.21. The fraction of sp³-hybridized carbons (Fsp3) is 0.619. The predicted molar refractivity (Wildman–Crippen MR) is 102 cm³/mol. The van der Waals surface area contributed by atoms with E-state index in [-0.39, 0.29) is 10.2 Å². The summed E-state index contributed by atoms with van der Waals surface area (Å²) in [5.74, 6) is 1.27. The minimum atomic E-state index is 0.234. The summed E-state index contributed by atoms with van der Waals surface area (Å²) in [6.45, 7) is 11.7. The molecule has 0 heterocycles. The Balaban J connectivity index is 2.33. The van der Waals surface area contributed by atoms with Crippen LogP contribution in [0.2, 0.25) is 0 Å². The quantitative estimate of drug-likeness (QED) is 0.482. The van der Waals surface area contributed by atoms with Crippen LogP contribution in [0.4, 0.5) is 0 Å². The summed E-state index contributed by atoms with van der Waals surface area (Å²) < 4.78 is 0.257. The predicted octanol–water partition coefficient (Wildman–Crippen LogP) is 6.86. The standard InChI is InChI=1S/C21H32S/c1-6-7-14-22-21(16-18-10-8-9-11-18)13-12-17(2)15-19(21)20(3,4)5/h8,10-12,15H,6-7,9,13-14,16H2,1-5H3. The lowest BCUT2D eigenvalue weighted by Crippen LogP contribution is -2.36. The molecule has 0 spiro atoms. The number of hydrogen-bond donors (Lipinski definition) is 0. The van der Waals surface area contributed by atoms with Crippen molar-refractivity contribution < 1.29 is 0 Å². The molecule has 0 radical (unpaired) electrons. The van der Waals surface area contributed by atoms with Gasteiger partial charge >= 0.3 is 0 Å². The number of allylic oxidation sites excluding steroid dienone is 7. The summed E-state index contributed by atoms with van der Waals surface area (Å²) in [5.41, 5.74) is 4.85. The van der Waals surface area contributed by atoms with E-state index in [2.05, 4.69) is 76.8 Å². The Morgan fingerprint density at radius 2 is 2.00 bits per heavy atom. The van der Waals surface area contributed by atoms with E-state index in [0.717, 1.165) is 6.42 Å². The van der Waals surface area contributed by atoms with Crippen molar-refractivity contribution >= 4 is 11.8 Å². The topological polar surface area (TPSA) is 0 Å². The molecule has 0 saturated heterocycles. The highest BCUT2D eigenvalue weighted by molar-refractivity contribution is 8.00. The van der Waals surface area contributed by atoms with Crippen molar-refractivity contribution in [3.63, 3.8) is 0 Å². The van der Waals surface area contributed by atoms with E-state index < -0.39 is 0 Å². The largest absolute Gasteiger partial charge is 0.150 e. The van der Waals surface area contributed by atoms with E-state index in [1.165, 1.54) is 42.6 Å². The summed E-state index contributed by atoms with van der Waals surface area (Å²) in [6, 6.07) is 0. The summed E-state index contributed by atoms with van der Waals surface area (Å²) in [5, 5.41) is 0. The zero-order chi connectivity index (χ0) is 16.2. The van der Waals surface area contributed by atoms with Crippen molar-refractivity contribution in [3.05, 3.63) is 47.1 Å². The first-order chi connectivity index (χ1) is 10.4. The van der Waals surface area contributed by atoms with Crippen LogP contribution in [0.1, 0.15) is 66.7 Å². The summed E-state index contributed by atoms with van der Waals surface area (Å²) in [7, 11) is 0. The van der Waals surface area contributed by atoms with Gasteiger partial charge in [-0.2, -0.15) is 0 Å². The molecular formula is C21H32S. The van der Waals surface area contributed by atoms with E-state index in [1.54, 1.807) is 5.57 Å². The zero-order valence-corrected chi connectivity index (χ0v) is 15.9. The molecule has 0 nitrogen and oxygen atoms in total. The number of hydrogen-bond acceptors (Lipinski definition) is 1. The van der Waals surface area contributed by atoms with Gasteiger partial charge in [-0.1, -0.05) is 75.6 Å². The van der Waals surface area contributed by atoms with Crippen LogP contribution in [0.5, 0.6) is 0 Å². The monoisotopic (exact) mass is 316 g/mol. The van der Waals surface area contributed by atoms with Gasteiger partial charge in [-0.3, -0.25) is 0 Å². The Labute approximate surface area is 141 Å². The average Bonchev–Trinajstić information content (AvgIpc) is 2.93. The van der Waals surface area contributed by atoms with Gasteiger partial charge in [0.15, 0.2) is 0 Å².